The predicted octanol–water partition coefficient (Wildman–Crippen LogP) is 9.90. The van der Waals surface area contributed by atoms with Crippen LogP contribution >= 0.6 is 0 Å². The Balaban J connectivity index is 1.50. The average Bonchev–Trinajstić information content (AvgIpc) is 2.85. The van der Waals surface area contributed by atoms with Gasteiger partial charge in [-0.25, -0.2) is 13.2 Å². The average molecular weight is 485 g/mol. The van der Waals surface area contributed by atoms with Crippen molar-refractivity contribution in [1.29, 1.82) is 0 Å². The highest BCUT2D eigenvalue weighted by Gasteiger charge is 2.29. The number of hydrogen-bond acceptors (Lipinski definition) is 1. The lowest BCUT2D eigenvalue weighted by molar-refractivity contribution is 0.0926. The Morgan fingerprint density at radius 1 is 0.886 bits per heavy atom. The number of hydrogen-bond donors (Lipinski definition) is 0. The second-order valence-electron chi connectivity index (χ2n) is 11.1. The SMILES string of the molecule is CCCC1CCC(CC(=O)c2ccc(-c3ccc(C4CCC(C)CC4)cc3)c(F)c2C(F)F)CC1. The molecule has 4 heteroatoms. The van der Waals surface area contributed by atoms with Crippen LogP contribution < -0.4 is 0 Å². The summed E-state index contributed by atoms with van der Waals surface area (Å²) < 4.78 is 43.4. The van der Waals surface area contributed by atoms with Gasteiger partial charge in [0.25, 0.3) is 6.43 Å². The summed E-state index contributed by atoms with van der Waals surface area (Å²) in [6, 6.07) is 10.6. The maximum absolute atomic E-state index is 15.4. The molecule has 2 aliphatic rings. The van der Waals surface area contributed by atoms with Crippen LogP contribution in [0.3, 0.4) is 0 Å². The lowest BCUT2D eigenvalue weighted by Gasteiger charge is -2.28. The summed E-state index contributed by atoms with van der Waals surface area (Å²) in [6.07, 6.45) is 8.41. The van der Waals surface area contributed by atoms with Crippen molar-refractivity contribution in [3.05, 3.63) is 58.9 Å². The molecule has 2 saturated carbocycles. The molecular formula is C31H39F3O. The number of halogens is 3. The fraction of sp³-hybridized carbons (Fsp3) is 0.581. The van der Waals surface area contributed by atoms with Crippen LogP contribution in [0.4, 0.5) is 13.2 Å². The van der Waals surface area contributed by atoms with Crippen molar-refractivity contribution >= 4 is 5.78 Å². The van der Waals surface area contributed by atoms with Crippen molar-refractivity contribution in [2.45, 2.75) is 96.8 Å². The van der Waals surface area contributed by atoms with Crippen LogP contribution in [-0.4, -0.2) is 5.78 Å². The van der Waals surface area contributed by atoms with Crippen molar-refractivity contribution in [1.82, 2.24) is 0 Å². The summed E-state index contributed by atoms with van der Waals surface area (Å²) in [6.45, 7) is 4.47. The minimum atomic E-state index is -3.03. The monoisotopic (exact) mass is 484 g/mol. The molecule has 2 aromatic carbocycles. The molecule has 0 heterocycles. The van der Waals surface area contributed by atoms with Gasteiger partial charge in [-0.2, -0.15) is 0 Å². The number of alkyl halides is 2. The first-order chi connectivity index (χ1) is 16.9. The van der Waals surface area contributed by atoms with Crippen molar-refractivity contribution in [3.63, 3.8) is 0 Å². The molecule has 0 aliphatic heterocycles. The van der Waals surface area contributed by atoms with Crippen molar-refractivity contribution in [3.8, 4) is 11.1 Å². The van der Waals surface area contributed by atoms with Gasteiger partial charge < -0.3 is 0 Å². The van der Waals surface area contributed by atoms with Gasteiger partial charge in [0.15, 0.2) is 5.78 Å². The van der Waals surface area contributed by atoms with Crippen LogP contribution in [0.15, 0.2) is 36.4 Å². The number of ketones is 1. The summed E-state index contributed by atoms with van der Waals surface area (Å²) in [5.74, 6) is 0.888. The molecule has 35 heavy (non-hydrogen) atoms. The summed E-state index contributed by atoms with van der Waals surface area (Å²) in [4.78, 5) is 13.0. The third kappa shape index (κ3) is 6.19. The van der Waals surface area contributed by atoms with E-state index < -0.39 is 17.8 Å². The van der Waals surface area contributed by atoms with Gasteiger partial charge in [0.05, 0.1) is 5.56 Å². The van der Waals surface area contributed by atoms with E-state index in [1.165, 1.54) is 43.4 Å². The van der Waals surface area contributed by atoms with E-state index in [0.29, 0.717) is 17.4 Å². The van der Waals surface area contributed by atoms with Crippen LogP contribution in [-0.2, 0) is 0 Å². The molecular weight excluding hydrogens is 445 g/mol. The molecule has 0 unspecified atom stereocenters. The zero-order valence-electron chi connectivity index (χ0n) is 21.2. The first-order valence-corrected chi connectivity index (χ1v) is 13.6. The minimum absolute atomic E-state index is 0.140. The number of carbonyl (C=O) groups is 1. The van der Waals surface area contributed by atoms with Crippen molar-refractivity contribution in [2.75, 3.05) is 0 Å². The third-order valence-electron chi connectivity index (χ3n) is 8.54. The number of rotatable bonds is 8. The molecule has 4 rings (SSSR count). The fourth-order valence-corrected chi connectivity index (χ4v) is 6.31. The smallest absolute Gasteiger partial charge is 0.267 e. The Morgan fingerprint density at radius 2 is 1.51 bits per heavy atom. The molecule has 0 aromatic heterocycles. The topological polar surface area (TPSA) is 17.1 Å². The van der Waals surface area contributed by atoms with Crippen molar-refractivity contribution < 1.29 is 18.0 Å². The molecule has 0 spiro atoms. The molecule has 190 valence electrons. The molecule has 0 radical (unpaired) electrons. The Bertz CT molecular complexity index is 981. The van der Waals surface area contributed by atoms with Gasteiger partial charge in [0.1, 0.15) is 5.82 Å². The Hall–Kier alpha value is -2.10. The second kappa shape index (κ2) is 11.8. The second-order valence-corrected chi connectivity index (χ2v) is 11.1. The Kier molecular flexibility index (Phi) is 8.73. The zero-order valence-corrected chi connectivity index (χ0v) is 21.2. The molecule has 0 N–H and O–H groups in total. The first-order valence-electron chi connectivity index (χ1n) is 13.6. The maximum atomic E-state index is 15.4. The highest BCUT2D eigenvalue weighted by atomic mass is 19.3. The van der Waals surface area contributed by atoms with Gasteiger partial charge in [0.2, 0.25) is 0 Å². The Labute approximate surface area is 208 Å². The summed E-state index contributed by atoms with van der Waals surface area (Å²) in [5, 5.41) is 0. The highest BCUT2D eigenvalue weighted by molar-refractivity contribution is 5.98. The van der Waals surface area contributed by atoms with E-state index in [1.54, 1.807) is 0 Å². The van der Waals surface area contributed by atoms with E-state index in [2.05, 4.69) is 13.8 Å². The Morgan fingerprint density at radius 3 is 2.11 bits per heavy atom. The maximum Gasteiger partial charge on any atom is 0.267 e. The molecule has 2 aromatic rings. The van der Waals surface area contributed by atoms with Gasteiger partial charge in [0, 0.05) is 17.5 Å². The van der Waals surface area contributed by atoms with E-state index in [4.69, 9.17) is 0 Å². The minimum Gasteiger partial charge on any atom is -0.294 e. The molecule has 0 bridgehead atoms. The summed E-state index contributed by atoms with van der Waals surface area (Å²) in [5.41, 5.74) is 1.06. The largest absolute Gasteiger partial charge is 0.294 e. The zero-order chi connectivity index (χ0) is 24.9. The van der Waals surface area contributed by atoms with Gasteiger partial charge >= 0.3 is 0 Å². The summed E-state index contributed by atoms with van der Waals surface area (Å²) in [7, 11) is 0. The van der Waals surface area contributed by atoms with Gasteiger partial charge in [-0.05, 0) is 60.5 Å². The predicted molar refractivity (Wildman–Crippen MR) is 136 cm³/mol. The quantitative estimate of drug-likeness (QED) is 0.341. The van der Waals surface area contributed by atoms with Gasteiger partial charge in [-0.3, -0.25) is 4.79 Å². The third-order valence-corrected chi connectivity index (χ3v) is 8.54. The van der Waals surface area contributed by atoms with Crippen LogP contribution in [0.1, 0.15) is 118 Å². The molecule has 1 nitrogen and oxygen atoms in total. The standard InChI is InChI=1S/C31H39F3O/c1-3-4-21-7-9-22(10-8-21)19-28(35)27-18-17-26(30(32)29(27)31(33)34)25-15-13-24(14-16-25)23-11-5-20(2)6-12-23/h13-18,20-23,31H,3-12,19H2,1-2H3. The highest BCUT2D eigenvalue weighted by Crippen LogP contribution is 2.39. The number of benzene rings is 2. The van der Waals surface area contributed by atoms with Crippen LogP contribution in [0, 0.1) is 23.6 Å². The van der Waals surface area contributed by atoms with E-state index in [-0.39, 0.29) is 29.2 Å². The normalized spacial score (nSPS) is 25.1. The van der Waals surface area contributed by atoms with Gasteiger partial charge in [-0.1, -0.05) is 88.8 Å². The molecule has 0 amide bonds. The van der Waals surface area contributed by atoms with Crippen molar-refractivity contribution in [2.24, 2.45) is 17.8 Å². The lowest BCUT2D eigenvalue weighted by atomic mass is 9.77. The molecule has 0 atom stereocenters. The lowest BCUT2D eigenvalue weighted by Crippen LogP contribution is -2.18. The number of Topliss-reactive ketones (excluding diaryl/α,β-unsaturated/α-hetero) is 1. The van der Waals surface area contributed by atoms with Gasteiger partial charge in [-0.15, -0.1) is 0 Å². The fourth-order valence-electron chi connectivity index (χ4n) is 6.31. The molecule has 0 saturated heterocycles. The van der Waals surface area contributed by atoms with E-state index in [1.807, 2.05) is 24.3 Å². The van der Waals surface area contributed by atoms with E-state index in [0.717, 1.165) is 44.4 Å². The summed E-state index contributed by atoms with van der Waals surface area (Å²) >= 11 is 0. The van der Waals surface area contributed by atoms with E-state index in [9.17, 15) is 13.6 Å². The van der Waals surface area contributed by atoms with Crippen LogP contribution in [0.2, 0.25) is 0 Å². The van der Waals surface area contributed by atoms with Crippen LogP contribution in [0.5, 0.6) is 0 Å². The van der Waals surface area contributed by atoms with E-state index >= 15 is 4.39 Å². The van der Waals surface area contributed by atoms with Crippen LogP contribution in [0.25, 0.3) is 11.1 Å². The molecule has 2 fully saturated rings. The molecule has 2 aliphatic carbocycles. The number of carbonyl (C=O) groups excluding carboxylic acids is 1. The first kappa shape index (κ1) is 26.0.